The molecule has 0 bridgehead atoms. The van der Waals surface area contributed by atoms with Crippen molar-refractivity contribution in [1.82, 2.24) is 5.32 Å². The van der Waals surface area contributed by atoms with Gasteiger partial charge in [0.15, 0.2) is 0 Å². The summed E-state index contributed by atoms with van der Waals surface area (Å²) >= 11 is 3.67. The molecule has 0 aliphatic heterocycles. The SMILES string of the molecule is CCCNCc1ccc(N(C)CCOC(C)C)c(Br)c1. The number of hydrogen-bond acceptors (Lipinski definition) is 3. The third kappa shape index (κ3) is 6.25. The molecule has 0 fully saturated rings. The van der Waals surface area contributed by atoms with Gasteiger partial charge in [-0.1, -0.05) is 13.0 Å². The summed E-state index contributed by atoms with van der Waals surface area (Å²) in [6.45, 7) is 9.94. The maximum Gasteiger partial charge on any atom is 0.0644 e. The maximum atomic E-state index is 5.60. The van der Waals surface area contributed by atoms with Gasteiger partial charge in [-0.15, -0.1) is 0 Å². The highest BCUT2D eigenvalue weighted by Crippen LogP contribution is 2.26. The molecule has 114 valence electrons. The van der Waals surface area contributed by atoms with Crippen molar-refractivity contribution in [2.24, 2.45) is 0 Å². The summed E-state index contributed by atoms with van der Waals surface area (Å²) in [5.74, 6) is 0. The predicted octanol–water partition coefficient (Wildman–Crippen LogP) is 3.81. The zero-order valence-electron chi connectivity index (χ0n) is 13.1. The minimum absolute atomic E-state index is 0.291. The lowest BCUT2D eigenvalue weighted by Crippen LogP contribution is -2.24. The van der Waals surface area contributed by atoms with Gasteiger partial charge in [-0.25, -0.2) is 0 Å². The van der Waals surface area contributed by atoms with Crippen molar-refractivity contribution < 1.29 is 4.74 Å². The van der Waals surface area contributed by atoms with Gasteiger partial charge in [-0.3, -0.25) is 0 Å². The number of halogens is 1. The molecule has 1 N–H and O–H groups in total. The second-order valence-corrected chi connectivity index (χ2v) is 6.16. The van der Waals surface area contributed by atoms with Crippen LogP contribution in [0.4, 0.5) is 5.69 Å². The molecule has 0 atom stereocenters. The van der Waals surface area contributed by atoms with Crippen LogP contribution in [0.5, 0.6) is 0 Å². The van der Waals surface area contributed by atoms with Gasteiger partial charge in [0.25, 0.3) is 0 Å². The Balaban J connectivity index is 2.53. The zero-order valence-corrected chi connectivity index (χ0v) is 14.7. The third-order valence-corrected chi connectivity index (χ3v) is 3.69. The first kappa shape index (κ1) is 17.5. The molecule has 1 rings (SSSR count). The standard InChI is InChI=1S/C16H27BrN2O/c1-5-8-18-12-14-6-7-16(15(17)11-14)19(4)9-10-20-13(2)3/h6-7,11,13,18H,5,8-10,12H2,1-4H3. The summed E-state index contributed by atoms with van der Waals surface area (Å²) in [4.78, 5) is 2.22. The number of nitrogens with zero attached hydrogens (tertiary/aromatic N) is 1. The second-order valence-electron chi connectivity index (χ2n) is 5.30. The van der Waals surface area contributed by atoms with E-state index in [-0.39, 0.29) is 0 Å². The van der Waals surface area contributed by atoms with Crippen molar-refractivity contribution in [2.45, 2.75) is 39.8 Å². The van der Waals surface area contributed by atoms with Crippen LogP contribution >= 0.6 is 15.9 Å². The van der Waals surface area contributed by atoms with Gasteiger partial charge in [-0.05, 0) is 60.4 Å². The Labute approximate surface area is 131 Å². The molecule has 1 aromatic carbocycles. The van der Waals surface area contributed by atoms with Gasteiger partial charge < -0.3 is 15.0 Å². The van der Waals surface area contributed by atoms with E-state index in [4.69, 9.17) is 4.74 Å². The van der Waals surface area contributed by atoms with E-state index in [1.165, 1.54) is 11.3 Å². The molecule has 3 nitrogen and oxygen atoms in total. The summed E-state index contributed by atoms with van der Waals surface area (Å²) in [5, 5.41) is 3.42. The summed E-state index contributed by atoms with van der Waals surface area (Å²) in [6.07, 6.45) is 1.46. The minimum Gasteiger partial charge on any atom is -0.377 e. The van der Waals surface area contributed by atoms with Gasteiger partial charge in [0.05, 0.1) is 18.4 Å². The van der Waals surface area contributed by atoms with Gasteiger partial charge in [0, 0.05) is 24.6 Å². The quantitative estimate of drug-likeness (QED) is 0.690. The van der Waals surface area contributed by atoms with E-state index in [0.717, 1.165) is 37.1 Å². The smallest absolute Gasteiger partial charge is 0.0644 e. The Morgan fingerprint density at radius 3 is 2.70 bits per heavy atom. The molecular formula is C16H27BrN2O. The lowest BCUT2D eigenvalue weighted by atomic mass is 10.2. The molecular weight excluding hydrogens is 316 g/mol. The predicted molar refractivity (Wildman–Crippen MR) is 90.5 cm³/mol. The van der Waals surface area contributed by atoms with E-state index in [1.54, 1.807) is 0 Å². The molecule has 0 saturated carbocycles. The molecule has 0 amide bonds. The Hall–Kier alpha value is -0.580. The van der Waals surface area contributed by atoms with Crippen LogP contribution in [-0.4, -0.2) is 32.8 Å². The number of likely N-dealkylation sites (N-methyl/N-ethyl adjacent to an activating group) is 1. The molecule has 0 radical (unpaired) electrons. The van der Waals surface area contributed by atoms with Crippen LogP contribution in [0.1, 0.15) is 32.8 Å². The van der Waals surface area contributed by atoms with E-state index in [1.807, 2.05) is 0 Å². The Morgan fingerprint density at radius 2 is 2.10 bits per heavy atom. The van der Waals surface area contributed by atoms with E-state index in [0.29, 0.717) is 6.10 Å². The highest BCUT2D eigenvalue weighted by molar-refractivity contribution is 9.10. The molecule has 20 heavy (non-hydrogen) atoms. The monoisotopic (exact) mass is 342 g/mol. The van der Waals surface area contributed by atoms with Crippen molar-refractivity contribution in [2.75, 3.05) is 31.6 Å². The molecule has 4 heteroatoms. The van der Waals surface area contributed by atoms with Crippen molar-refractivity contribution in [1.29, 1.82) is 0 Å². The van der Waals surface area contributed by atoms with E-state index < -0.39 is 0 Å². The lowest BCUT2D eigenvalue weighted by molar-refractivity contribution is 0.0846. The highest BCUT2D eigenvalue weighted by atomic mass is 79.9. The van der Waals surface area contributed by atoms with Crippen molar-refractivity contribution in [3.8, 4) is 0 Å². The first-order valence-corrected chi connectivity index (χ1v) is 8.15. The van der Waals surface area contributed by atoms with E-state index >= 15 is 0 Å². The van der Waals surface area contributed by atoms with Gasteiger partial charge >= 0.3 is 0 Å². The van der Waals surface area contributed by atoms with Gasteiger partial charge in [0.1, 0.15) is 0 Å². The van der Waals surface area contributed by atoms with Crippen molar-refractivity contribution in [3.05, 3.63) is 28.2 Å². The largest absolute Gasteiger partial charge is 0.377 e. The van der Waals surface area contributed by atoms with Crippen LogP contribution in [0.15, 0.2) is 22.7 Å². The van der Waals surface area contributed by atoms with E-state index in [2.05, 4.69) is 72.2 Å². The minimum atomic E-state index is 0.291. The second kappa shape index (κ2) is 9.37. The lowest BCUT2D eigenvalue weighted by Gasteiger charge is -2.22. The first-order chi connectivity index (χ1) is 9.54. The molecule has 1 aromatic rings. The normalized spacial score (nSPS) is 11.1. The fraction of sp³-hybridized carbons (Fsp3) is 0.625. The molecule has 0 aliphatic carbocycles. The Bertz CT molecular complexity index is 396. The van der Waals surface area contributed by atoms with Crippen LogP contribution in [-0.2, 0) is 11.3 Å². The van der Waals surface area contributed by atoms with Crippen LogP contribution < -0.4 is 10.2 Å². The van der Waals surface area contributed by atoms with Crippen LogP contribution in [0, 0.1) is 0 Å². The number of anilines is 1. The average Bonchev–Trinajstić information content (AvgIpc) is 2.38. The summed E-state index contributed by atoms with van der Waals surface area (Å²) in [5.41, 5.74) is 2.51. The third-order valence-electron chi connectivity index (χ3n) is 3.06. The zero-order chi connectivity index (χ0) is 15.0. The van der Waals surface area contributed by atoms with Crippen LogP contribution in [0.3, 0.4) is 0 Å². The average molecular weight is 343 g/mol. The number of rotatable bonds is 9. The first-order valence-electron chi connectivity index (χ1n) is 7.36. The Morgan fingerprint density at radius 1 is 1.35 bits per heavy atom. The van der Waals surface area contributed by atoms with Gasteiger partial charge in [-0.2, -0.15) is 0 Å². The fourth-order valence-electron chi connectivity index (χ4n) is 1.93. The number of nitrogens with one attached hydrogen (secondary N) is 1. The van der Waals surface area contributed by atoms with Crippen LogP contribution in [0.2, 0.25) is 0 Å². The number of hydrogen-bond donors (Lipinski definition) is 1. The number of benzene rings is 1. The summed E-state index contributed by atoms with van der Waals surface area (Å²) in [7, 11) is 2.10. The maximum absolute atomic E-state index is 5.60. The molecule has 0 spiro atoms. The van der Waals surface area contributed by atoms with E-state index in [9.17, 15) is 0 Å². The molecule has 0 aromatic heterocycles. The summed E-state index contributed by atoms with van der Waals surface area (Å²) in [6, 6.07) is 6.54. The summed E-state index contributed by atoms with van der Waals surface area (Å²) < 4.78 is 6.74. The van der Waals surface area contributed by atoms with Gasteiger partial charge in [0.2, 0.25) is 0 Å². The van der Waals surface area contributed by atoms with Crippen molar-refractivity contribution in [3.63, 3.8) is 0 Å². The molecule has 0 saturated heterocycles. The number of ether oxygens (including phenoxy) is 1. The molecule has 0 aliphatic rings. The Kier molecular flexibility index (Phi) is 8.19. The fourth-order valence-corrected chi connectivity index (χ4v) is 2.65. The van der Waals surface area contributed by atoms with Crippen LogP contribution in [0.25, 0.3) is 0 Å². The topological polar surface area (TPSA) is 24.5 Å². The van der Waals surface area contributed by atoms with Crippen molar-refractivity contribution >= 4 is 21.6 Å². The molecule has 0 unspecified atom stereocenters. The highest BCUT2D eigenvalue weighted by Gasteiger charge is 2.07. The molecule has 0 heterocycles.